The van der Waals surface area contributed by atoms with Gasteiger partial charge in [0, 0.05) is 19.7 Å². The van der Waals surface area contributed by atoms with Crippen molar-refractivity contribution in [2.45, 2.75) is 57.7 Å². The van der Waals surface area contributed by atoms with Gasteiger partial charge in [-0.3, -0.25) is 0 Å². The van der Waals surface area contributed by atoms with Gasteiger partial charge in [-0.05, 0) is 43.2 Å². The SMILES string of the molecule is CCc1ccc(CNC2CCC(OC)CC2)cc1. The zero-order chi connectivity index (χ0) is 12.8. The Labute approximate surface area is 111 Å². The van der Waals surface area contributed by atoms with E-state index in [-0.39, 0.29) is 0 Å². The third-order valence-corrected chi connectivity index (χ3v) is 4.03. The molecular formula is C16H25NO. The smallest absolute Gasteiger partial charge is 0.0572 e. The van der Waals surface area contributed by atoms with Crippen molar-refractivity contribution in [2.75, 3.05) is 7.11 Å². The quantitative estimate of drug-likeness (QED) is 0.862. The number of hydrogen-bond acceptors (Lipinski definition) is 2. The molecule has 1 aromatic carbocycles. The Balaban J connectivity index is 1.74. The van der Waals surface area contributed by atoms with Crippen LogP contribution in [0.15, 0.2) is 24.3 Å². The normalized spacial score (nSPS) is 24.1. The monoisotopic (exact) mass is 247 g/mol. The molecule has 2 rings (SSSR count). The average Bonchev–Trinajstić information content (AvgIpc) is 2.46. The fourth-order valence-electron chi connectivity index (χ4n) is 2.66. The van der Waals surface area contributed by atoms with Crippen molar-refractivity contribution in [2.24, 2.45) is 0 Å². The Kier molecular flexibility index (Phi) is 5.21. The van der Waals surface area contributed by atoms with Crippen molar-refractivity contribution in [1.82, 2.24) is 5.32 Å². The lowest BCUT2D eigenvalue weighted by Gasteiger charge is -2.28. The first-order valence-corrected chi connectivity index (χ1v) is 7.15. The van der Waals surface area contributed by atoms with Gasteiger partial charge in [-0.1, -0.05) is 31.2 Å². The molecule has 100 valence electrons. The summed E-state index contributed by atoms with van der Waals surface area (Å²) < 4.78 is 5.40. The highest BCUT2D eigenvalue weighted by Gasteiger charge is 2.19. The van der Waals surface area contributed by atoms with Gasteiger partial charge in [0.25, 0.3) is 0 Å². The molecule has 0 bridgehead atoms. The molecule has 1 saturated carbocycles. The van der Waals surface area contributed by atoms with Crippen molar-refractivity contribution in [3.63, 3.8) is 0 Å². The summed E-state index contributed by atoms with van der Waals surface area (Å²) in [6.07, 6.45) is 6.49. The van der Waals surface area contributed by atoms with E-state index in [4.69, 9.17) is 4.74 Å². The maximum atomic E-state index is 5.40. The van der Waals surface area contributed by atoms with Crippen molar-refractivity contribution in [1.29, 1.82) is 0 Å². The van der Waals surface area contributed by atoms with E-state index >= 15 is 0 Å². The number of aryl methyl sites for hydroxylation is 1. The Hall–Kier alpha value is -0.860. The highest BCUT2D eigenvalue weighted by molar-refractivity contribution is 5.22. The van der Waals surface area contributed by atoms with Crippen LogP contribution in [0.2, 0.25) is 0 Å². The van der Waals surface area contributed by atoms with Gasteiger partial charge in [0.1, 0.15) is 0 Å². The van der Waals surface area contributed by atoms with E-state index in [1.54, 1.807) is 0 Å². The van der Waals surface area contributed by atoms with Gasteiger partial charge in [-0.25, -0.2) is 0 Å². The van der Waals surface area contributed by atoms with Crippen molar-refractivity contribution >= 4 is 0 Å². The Morgan fingerprint density at radius 3 is 2.22 bits per heavy atom. The van der Waals surface area contributed by atoms with Gasteiger partial charge in [-0.2, -0.15) is 0 Å². The lowest BCUT2D eigenvalue weighted by Crippen LogP contribution is -2.34. The minimum absolute atomic E-state index is 0.492. The minimum Gasteiger partial charge on any atom is -0.381 e. The largest absolute Gasteiger partial charge is 0.381 e. The molecule has 1 aromatic rings. The highest BCUT2D eigenvalue weighted by atomic mass is 16.5. The zero-order valence-corrected chi connectivity index (χ0v) is 11.6. The van der Waals surface area contributed by atoms with E-state index in [1.807, 2.05) is 7.11 Å². The van der Waals surface area contributed by atoms with E-state index in [0.29, 0.717) is 12.1 Å². The van der Waals surface area contributed by atoms with Crippen molar-refractivity contribution in [3.05, 3.63) is 35.4 Å². The van der Waals surface area contributed by atoms with Crippen molar-refractivity contribution < 1.29 is 4.74 Å². The number of hydrogen-bond donors (Lipinski definition) is 1. The standard InChI is InChI=1S/C16H25NO/c1-3-13-4-6-14(7-5-13)12-17-15-8-10-16(18-2)11-9-15/h4-7,15-17H,3,8-12H2,1-2H3. The number of benzene rings is 1. The average molecular weight is 247 g/mol. The molecule has 2 nitrogen and oxygen atoms in total. The maximum absolute atomic E-state index is 5.40. The summed E-state index contributed by atoms with van der Waals surface area (Å²) in [5.74, 6) is 0. The fourth-order valence-corrected chi connectivity index (χ4v) is 2.66. The molecule has 0 aliphatic heterocycles. The second-order valence-electron chi connectivity index (χ2n) is 5.26. The van der Waals surface area contributed by atoms with Crippen LogP contribution in [0.5, 0.6) is 0 Å². The van der Waals surface area contributed by atoms with E-state index in [1.165, 1.54) is 36.8 Å². The van der Waals surface area contributed by atoms with Crippen LogP contribution in [0.1, 0.15) is 43.7 Å². The maximum Gasteiger partial charge on any atom is 0.0572 e. The van der Waals surface area contributed by atoms with Gasteiger partial charge in [0.05, 0.1) is 6.10 Å². The lowest BCUT2D eigenvalue weighted by molar-refractivity contribution is 0.0624. The van der Waals surface area contributed by atoms with Crippen LogP contribution in [0.25, 0.3) is 0 Å². The number of ether oxygens (including phenoxy) is 1. The van der Waals surface area contributed by atoms with Crippen LogP contribution < -0.4 is 5.32 Å². The van der Waals surface area contributed by atoms with Crippen LogP contribution in [-0.4, -0.2) is 19.3 Å². The first-order chi connectivity index (χ1) is 8.81. The third kappa shape index (κ3) is 3.82. The third-order valence-electron chi connectivity index (χ3n) is 4.03. The summed E-state index contributed by atoms with van der Waals surface area (Å²) in [4.78, 5) is 0. The molecule has 0 heterocycles. The summed E-state index contributed by atoms with van der Waals surface area (Å²) >= 11 is 0. The van der Waals surface area contributed by atoms with Crippen LogP contribution in [0.3, 0.4) is 0 Å². The van der Waals surface area contributed by atoms with Crippen LogP contribution >= 0.6 is 0 Å². The molecular weight excluding hydrogens is 222 g/mol. The van der Waals surface area contributed by atoms with E-state index in [9.17, 15) is 0 Å². The molecule has 1 aliphatic rings. The molecule has 0 atom stereocenters. The predicted octanol–water partition coefficient (Wildman–Crippen LogP) is 3.30. The zero-order valence-electron chi connectivity index (χ0n) is 11.6. The molecule has 0 radical (unpaired) electrons. The molecule has 1 aliphatic carbocycles. The molecule has 1 fully saturated rings. The molecule has 18 heavy (non-hydrogen) atoms. The first kappa shape index (κ1) is 13.6. The summed E-state index contributed by atoms with van der Waals surface area (Å²) in [5.41, 5.74) is 2.81. The Bertz CT molecular complexity index is 339. The predicted molar refractivity (Wildman–Crippen MR) is 75.7 cm³/mol. The van der Waals surface area contributed by atoms with Gasteiger partial charge in [0.2, 0.25) is 0 Å². The second-order valence-corrected chi connectivity index (χ2v) is 5.26. The molecule has 0 aromatic heterocycles. The number of methoxy groups -OCH3 is 1. The summed E-state index contributed by atoms with van der Waals surface area (Å²) in [5, 5.41) is 3.66. The fraction of sp³-hybridized carbons (Fsp3) is 0.625. The van der Waals surface area contributed by atoms with Crippen LogP contribution in [0.4, 0.5) is 0 Å². The lowest BCUT2D eigenvalue weighted by atomic mass is 9.93. The van der Waals surface area contributed by atoms with E-state index in [0.717, 1.165) is 13.0 Å². The minimum atomic E-state index is 0.492. The molecule has 2 heteroatoms. The summed E-state index contributed by atoms with van der Waals surface area (Å²) in [6, 6.07) is 9.62. The van der Waals surface area contributed by atoms with E-state index in [2.05, 4.69) is 36.5 Å². The molecule has 1 N–H and O–H groups in total. The summed E-state index contributed by atoms with van der Waals surface area (Å²) in [6.45, 7) is 3.19. The Morgan fingerprint density at radius 2 is 1.67 bits per heavy atom. The van der Waals surface area contributed by atoms with E-state index < -0.39 is 0 Å². The number of rotatable bonds is 5. The van der Waals surface area contributed by atoms with Gasteiger partial charge in [0.15, 0.2) is 0 Å². The van der Waals surface area contributed by atoms with Crippen LogP contribution in [-0.2, 0) is 17.7 Å². The molecule has 0 spiro atoms. The molecule has 0 unspecified atom stereocenters. The number of nitrogens with one attached hydrogen (secondary N) is 1. The van der Waals surface area contributed by atoms with Gasteiger partial charge >= 0.3 is 0 Å². The molecule has 0 amide bonds. The van der Waals surface area contributed by atoms with Gasteiger partial charge < -0.3 is 10.1 Å². The van der Waals surface area contributed by atoms with Crippen LogP contribution in [0, 0.1) is 0 Å². The topological polar surface area (TPSA) is 21.3 Å². The summed E-state index contributed by atoms with van der Waals surface area (Å²) in [7, 11) is 1.83. The first-order valence-electron chi connectivity index (χ1n) is 7.15. The second kappa shape index (κ2) is 6.91. The Morgan fingerprint density at radius 1 is 1.06 bits per heavy atom. The van der Waals surface area contributed by atoms with Gasteiger partial charge in [-0.15, -0.1) is 0 Å². The van der Waals surface area contributed by atoms with Crippen molar-refractivity contribution in [3.8, 4) is 0 Å². The highest BCUT2D eigenvalue weighted by Crippen LogP contribution is 2.20. The molecule has 0 saturated heterocycles.